The lowest BCUT2D eigenvalue weighted by atomic mass is 10.1. The van der Waals surface area contributed by atoms with E-state index in [1.165, 1.54) is 12.3 Å². The number of rotatable bonds is 4. The first-order chi connectivity index (χ1) is 13.5. The number of imidazole rings is 1. The number of hydrogen-bond donors (Lipinski definition) is 2. The lowest BCUT2D eigenvalue weighted by Gasteiger charge is -2.02. The Labute approximate surface area is 160 Å². The van der Waals surface area contributed by atoms with Crippen LogP contribution in [0, 0.1) is 17.0 Å². The molecule has 138 valence electrons. The number of benzene rings is 3. The van der Waals surface area contributed by atoms with Crippen molar-refractivity contribution in [3.63, 3.8) is 0 Å². The highest BCUT2D eigenvalue weighted by Crippen LogP contribution is 2.30. The predicted octanol–water partition coefficient (Wildman–Crippen LogP) is 4.90. The van der Waals surface area contributed by atoms with Gasteiger partial charge in [-0.3, -0.25) is 15.1 Å². The summed E-state index contributed by atoms with van der Waals surface area (Å²) in [6, 6.07) is 18.2. The van der Waals surface area contributed by atoms with Gasteiger partial charge in [-0.25, -0.2) is 4.98 Å². The highest BCUT2D eigenvalue weighted by molar-refractivity contribution is 5.88. The average Bonchev–Trinajstić information content (AvgIpc) is 3.13. The summed E-state index contributed by atoms with van der Waals surface area (Å²) in [7, 11) is 0. The van der Waals surface area contributed by atoms with Crippen LogP contribution in [0.25, 0.3) is 22.4 Å². The van der Waals surface area contributed by atoms with Crippen molar-refractivity contribution in [2.24, 2.45) is 4.99 Å². The highest BCUT2D eigenvalue weighted by Gasteiger charge is 2.17. The van der Waals surface area contributed by atoms with Crippen LogP contribution in [0.4, 0.5) is 11.4 Å². The van der Waals surface area contributed by atoms with Crippen LogP contribution in [0.5, 0.6) is 5.75 Å². The lowest BCUT2D eigenvalue weighted by molar-refractivity contribution is -0.385. The predicted molar refractivity (Wildman–Crippen MR) is 108 cm³/mol. The number of aliphatic imine (C=N–C) groups is 1. The number of phenols is 1. The SMILES string of the molecule is Cc1cc(C=Nc2ccc(-c3nc4ccccc4[nH]3)cc2)c(O)c([N+](=O)[O-])c1. The molecule has 4 rings (SSSR count). The summed E-state index contributed by atoms with van der Waals surface area (Å²) in [6.45, 7) is 1.73. The zero-order chi connectivity index (χ0) is 19.7. The number of nitrogens with one attached hydrogen (secondary N) is 1. The molecule has 2 N–H and O–H groups in total. The Morgan fingerprint density at radius 1 is 1.14 bits per heavy atom. The number of phenolic OH excluding ortho intramolecular Hbond substituents is 1. The van der Waals surface area contributed by atoms with E-state index in [9.17, 15) is 15.2 Å². The number of para-hydroxylation sites is 2. The Morgan fingerprint density at radius 2 is 1.89 bits per heavy atom. The minimum absolute atomic E-state index is 0.299. The fourth-order valence-electron chi connectivity index (χ4n) is 2.96. The molecule has 0 bridgehead atoms. The number of hydrogen-bond acceptors (Lipinski definition) is 5. The van der Waals surface area contributed by atoms with Crippen molar-refractivity contribution in [1.82, 2.24) is 9.97 Å². The van der Waals surface area contributed by atoms with Crippen molar-refractivity contribution in [2.75, 3.05) is 0 Å². The summed E-state index contributed by atoms with van der Waals surface area (Å²) in [5.41, 5.74) is 4.08. The second-order valence-electron chi connectivity index (χ2n) is 6.39. The van der Waals surface area contributed by atoms with Gasteiger partial charge in [-0.1, -0.05) is 12.1 Å². The van der Waals surface area contributed by atoms with Crippen molar-refractivity contribution < 1.29 is 10.0 Å². The molecule has 0 saturated carbocycles. The Balaban J connectivity index is 1.60. The molecule has 0 saturated heterocycles. The molecular formula is C21H16N4O3. The van der Waals surface area contributed by atoms with Gasteiger partial charge in [0.2, 0.25) is 5.75 Å². The molecule has 1 aromatic heterocycles. The Hall–Kier alpha value is -4.00. The molecule has 0 spiro atoms. The molecule has 0 aliphatic carbocycles. The summed E-state index contributed by atoms with van der Waals surface area (Å²) in [6.07, 6.45) is 1.42. The number of aromatic amines is 1. The van der Waals surface area contributed by atoms with E-state index < -0.39 is 10.7 Å². The number of nitrogens with zero attached hydrogens (tertiary/aromatic N) is 3. The molecule has 0 radical (unpaired) electrons. The van der Waals surface area contributed by atoms with Crippen LogP contribution in [0.3, 0.4) is 0 Å². The van der Waals surface area contributed by atoms with E-state index in [4.69, 9.17) is 0 Å². The molecule has 0 unspecified atom stereocenters. The third kappa shape index (κ3) is 3.33. The van der Waals surface area contributed by atoms with E-state index in [1.54, 1.807) is 13.0 Å². The fraction of sp³-hybridized carbons (Fsp3) is 0.0476. The summed E-state index contributed by atoms with van der Waals surface area (Å²) in [5, 5.41) is 21.1. The van der Waals surface area contributed by atoms with Gasteiger partial charge in [0, 0.05) is 23.4 Å². The quantitative estimate of drug-likeness (QED) is 0.302. The molecule has 0 amide bonds. The first kappa shape index (κ1) is 17.4. The van der Waals surface area contributed by atoms with Crippen LogP contribution < -0.4 is 0 Å². The van der Waals surface area contributed by atoms with E-state index in [0.717, 1.165) is 22.4 Å². The molecule has 0 atom stereocenters. The van der Waals surface area contributed by atoms with E-state index in [2.05, 4.69) is 15.0 Å². The number of aromatic nitrogens is 2. The van der Waals surface area contributed by atoms with Gasteiger partial charge < -0.3 is 10.1 Å². The van der Waals surface area contributed by atoms with Crippen molar-refractivity contribution in [3.8, 4) is 17.1 Å². The lowest BCUT2D eigenvalue weighted by Crippen LogP contribution is -1.93. The molecule has 0 aliphatic heterocycles. The third-order valence-electron chi connectivity index (χ3n) is 4.34. The monoisotopic (exact) mass is 372 g/mol. The first-order valence-corrected chi connectivity index (χ1v) is 8.58. The van der Waals surface area contributed by atoms with Crippen molar-refractivity contribution in [1.29, 1.82) is 0 Å². The van der Waals surface area contributed by atoms with Gasteiger partial charge >= 0.3 is 5.69 Å². The second-order valence-corrected chi connectivity index (χ2v) is 6.39. The minimum Gasteiger partial charge on any atom is -0.502 e. The number of aryl methyl sites for hydroxylation is 1. The maximum atomic E-state index is 11.0. The smallest absolute Gasteiger partial charge is 0.311 e. The second kappa shape index (κ2) is 6.96. The molecular weight excluding hydrogens is 356 g/mol. The van der Waals surface area contributed by atoms with Gasteiger partial charge in [0.25, 0.3) is 0 Å². The van der Waals surface area contributed by atoms with E-state index in [0.29, 0.717) is 16.8 Å². The van der Waals surface area contributed by atoms with Crippen LogP contribution in [0.2, 0.25) is 0 Å². The van der Waals surface area contributed by atoms with Crippen molar-refractivity contribution in [2.45, 2.75) is 6.92 Å². The zero-order valence-corrected chi connectivity index (χ0v) is 15.0. The fourth-order valence-corrected chi connectivity index (χ4v) is 2.96. The Morgan fingerprint density at radius 3 is 2.61 bits per heavy atom. The molecule has 28 heavy (non-hydrogen) atoms. The van der Waals surface area contributed by atoms with Gasteiger partial charge in [-0.15, -0.1) is 0 Å². The molecule has 0 aliphatic rings. The average molecular weight is 372 g/mol. The van der Waals surface area contributed by atoms with E-state index in [1.807, 2.05) is 48.5 Å². The van der Waals surface area contributed by atoms with Gasteiger partial charge in [-0.2, -0.15) is 0 Å². The Bertz CT molecular complexity index is 1180. The van der Waals surface area contributed by atoms with Crippen LogP contribution in [-0.4, -0.2) is 26.2 Å². The third-order valence-corrected chi connectivity index (χ3v) is 4.34. The normalized spacial score (nSPS) is 11.3. The maximum Gasteiger partial charge on any atom is 0.311 e. The van der Waals surface area contributed by atoms with Gasteiger partial charge in [0.1, 0.15) is 5.82 Å². The highest BCUT2D eigenvalue weighted by atomic mass is 16.6. The van der Waals surface area contributed by atoms with E-state index >= 15 is 0 Å². The maximum absolute atomic E-state index is 11.0. The largest absolute Gasteiger partial charge is 0.502 e. The Kier molecular flexibility index (Phi) is 4.33. The van der Waals surface area contributed by atoms with E-state index in [-0.39, 0.29) is 5.69 Å². The summed E-state index contributed by atoms with van der Waals surface area (Å²) >= 11 is 0. The summed E-state index contributed by atoms with van der Waals surface area (Å²) < 4.78 is 0. The first-order valence-electron chi connectivity index (χ1n) is 8.58. The van der Waals surface area contributed by atoms with Crippen LogP contribution in [-0.2, 0) is 0 Å². The van der Waals surface area contributed by atoms with Gasteiger partial charge in [0.05, 0.1) is 21.6 Å². The summed E-state index contributed by atoms with van der Waals surface area (Å²) in [5.74, 6) is 0.377. The van der Waals surface area contributed by atoms with Crippen LogP contribution in [0.15, 0.2) is 65.7 Å². The number of aromatic hydroxyl groups is 1. The van der Waals surface area contributed by atoms with Gasteiger partial charge in [-0.05, 0) is 55.0 Å². The van der Waals surface area contributed by atoms with Crippen molar-refractivity contribution in [3.05, 3.63) is 81.9 Å². The number of H-pyrrole nitrogens is 1. The number of fused-ring (bicyclic) bond motifs is 1. The van der Waals surface area contributed by atoms with Gasteiger partial charge in [0.15, 0.2) is 0 Å². The molecule has 1 heterocycles. The number of nitro benzene ring substituents is 1. The van der Waals surface area contributed by atoms with Crippen molar-refractivity contribution >= 4 is 28.6 Å². The summed E-state index contributed by atoms with van der Waals surface area (Å²) in [4.78, 5) is 22.6. The topological polar surface area (TPSA) is 104 Å². The molecule has 3 aromatic carbocycles. The molecule has 4 aromatic rings. The minimum atomic E-state index is -0.609. The molecule has 7 heteroatoms. The van der Waals surface area contributed by atoms with Crippen LogP contribution >= 0.6 is 0 Å². The molecule has 7 nitrogen and oxygen atoms in total. The van der Waals surface area contributed by atoms with Crippen LogP contribution in [0.1, 0.15) is 11.1 Å². The standard InChI is InChI=1S/C21H16N4O3/c1-13-10-15(20(26)19(11-13)25(27)28)12-22-16-8-6-14(7-9-16)21-23-17-4-2-3-5-18(17)24-21/h2-12,26H,1H3,(H,23,24). The molecule has 0 fully saturated rings. The zero-order valence-electron chi connectivity index (χ0n) is 15.0. The number of nitro groups is 1.